The first-order valence-corrected chi connectivity index (χ1v) is 6.35. The summed E-state index contributed by atoms with van der Waals surface area (Å²) in [6, 6.07) is 9.23. The summed E-state index contributed by atoms with van der Waals surface area (Å²) in [6.07, 6.45) is -2.77. The fourth-order valence-electron chi connectivity index (χ4n) is 2.03. The van der Waals surface area contributed by atoms with E-state index in [-0.39, 0.29) is 5.56 Å². The number of aromatic nitrogens is 2. The molecule has 3 rings (SSSR count). The van der Waals surface area contributed by atoms with Crippen molar-refractivity contribution in [3.05, 3.63) is 59.8 Å². The van der Waals surface area contributed by atoms with Gasteiger partial charge in [0.2, 0.25) is 0 Å². The Balaban J connectivity index is 1.78. The molecule has 0 atom stereocenters. The number of hydrogen-bond donors (Lipinski definition) is 2. The second-order valence-electron chi connectivity index (χ2n) is 4.70. The van der Waals surface area contributed by atoms with Crippen LogP contribution in [-0.2, 0) is 6.18 Å². The number of rotatable bonds is 2. The van der Waals surface area contributed by atoms with E-state index in [1.165, 1.54) is 0 Å². The van der Waals surface area contributed by atoms with E-state index in [2.05, 4.69) is 15.5 Å². The van der Waals surface area contributed by atoms with Crippen LogP contribution in [0.1, 0.15) is 15.9 Å². The number of nitrogens with one attached hydrogen (secondary N) is 2. The van der Waals surface area contributed by atoms with Gasteiger partial charge in [0.25, 0.3) is 5.91 Å². The zero-order valence-electron chi connectivity index (χ0n) is 11.1. The van der Waals surface area contributed by atoms with E-state index in [9.17, 15) is 18.0 Å². The number of carbonyl (C=O) groups excluding carboxylic acids is 1. The number of H-pyrrole nitrogens is 1. The number of anilines is 1. The van der Waals surface area contributed by atoms with Crippen molar-refractivity contribution >= 4 is 22.5 Å². The monoisotopic (exact) mass is 305 g/mol. The largest absolute Gasteiger partial charge is 0.416 e. The number of alkyl halides is 3. The zero-order chi connectivity index (χ0) is 15.7. The second-order valence-corrected chi connectivity index (χ2v) is 4.70. The number of amides is 1. The highest BCUT2D eigenvalue weighted by Gasteiger charge is 2.30. The average molecular weight is 305 g/mol. The standard InChI is InChI=1S/C15H10F3N3O/c16-15(17,18)11-4-1-9(2-5-11)14(22)20-12-6-3-10-8-19-21-13(10)7-12/h1-8H,(H,19,21)(H,20,22). The molecule has 0 saturated carbocycles. The molecule has 22 heavy (non-hydrogen) atoms. The first-order valence-electron chi connectivity index (χ1n) is 6.35. The van der Waals surface area contributed by atoms with Crippen LogP contribution in [0, 0.1) is 0 Å². The molecule has 7 heteroatoms. The molecule has 1 amide bonds. The number of nitrogens with zero attached hydrogens (tertiary/aromatic N) is 1. The topological polar surface area (TPSA) is 57.8 Å². The molecule has 1 heterocycles. The van der Waals surface area contributed by atoms with Gasteiger partial charge in [-0.2, -0.15) is 18.3 Å². The summed E-state index contributed by atoms with van der Waals surface area (Å²) in [5, 5.41) is 10.2. The number of hydrogen-bond acceptors (Lipinski definition) is 2. The van der Waals surface area contributed by atoms with Crippen molar-refractivity contribution < 1.29 is 18.0 Å². The maximum Gasteiger partial charge on any atom is 0.416 e. The molecular formula is C15H10F3N3O. The van der Waals surface area contributed by atoms with Crippen molar-refractivity contribution in [3.63, 3.8) is 0 Å². The third kappa shape index (κ3) is 2.78. The van der Waals surface area contributed by atoms with Gasteiger partial charge in [0.1, 0.15) is 0 Å². The average Bonchev–Trinajstić information content (AvgIpc) is 2.94. The molecule has 3 aromatic rings. The molecule has 2 N–H and O–H groups in total. The van der Waals surface area contributed by atoms with Crippen LogP contribution in [0.5, 0.6) is 0 Å². The number of fused-ring (bicyclic) bond motifs is 1. The van der Waals surface area contributed by atoms with E-state index >= 15 is 0 Å². The molecule has 0 radical (unpaired) electrons. The van der Waals surface area contributed by atoms with Gasteiger partial charge in [-0.3, -0.25) is 9.89 Å². The minimum atomic E-state index is -4.42. The second kappa shape index (κ2) is 5.18. The normalized spacial score (nSPS) is 11.6. The van der Waals surface area contributed by atoms with Crippen molar-refractivity contribution in [1.29, 1.82) is 0 Å². The van der Waals surface area contributed by atoms with Crippen molar-refractivity contribution in [2.24, 2.45) is 0 Å². The molecule has 2 aromatic carbocycles. The lowest BCUT2D eigenvalue weighted by Crippen LogP contribution is -2.12. The fourth-order valence-corrected chi connectivity index (χ4v) is 2.03. The molecule has 0 spiro atoms. The molecule has 0 fully saturated rings. The summed E-state index contributed by atoms with van der Waals surface area (Å²) in [4.78, 5) is 12.0. The Labute approximate surface area is 123 Å². The highest BCUT2D eigenvalue weighted by Crippen LogP contribution is 2.29. The molecule has 1 aromatic heterocycles. The highest BCUT2D eigenvalue weighted by molar-refractivity contribution is 6.05. The van der Waals surface area contributed by atoms with Crippen LogP contribution < -0.4 is 5.32 Å². The summed E-state index contributed by atoms with van der Waals surface area (Å²) in [6.45, 7) is 0. The van der Waals surface area contributed by atoms with Crippen molar-refractivity contribution in [3.8, 4) is 0 Å². The van der Waals surface area contributed by atoms with Crippen LogP contribution in [-0.4, -0.2) is 16.1 Å². The Morgan fingerprint density at radius 3 is 2.50 bits per heavy atom. The molecule has 0 unspecified atom stereocenters. The number of carbonyl (C=O) groups is 1. The van der Waals surface area contributed by atoms with E-state index in [0.29, 0.717) is 5.69 Å². The van der Waals surface area contributed by atoms with Crippen LogP contribution in [0.15, 0.2) is 48.7 Å². The van der Waals surface area contributed by atoms with Gasteiger partial charge >= 0.3 is 6.18 Å². The quantitative estimate of drug-likeness (QED) is 0.756. The maximum absolute atomic E-state index is 12.5. The Bertz CT molecular complexity index is 822. The number of aromatic amines is 1. The highest BCUT2D eigenvalue weighted by atomic mass is 19.4. The third-order valence-electron chi connectivity index (χ3n) is 3.17. The van der Waals surface area contributed by atoms with E-state index in [4.69, 9.17) is 0 Å². The number of halogens is 3. The van der Waals surface area contributed by atoms with Crippen molar-refractivity contribution in [1.82, 2.24) is 10.2 Å². The Kier molecular flexibility index (Phi) is 3.32. The van der Waals surface area contributed by atoms with Gasteiger partial charge in [0.15, 0.2) is 0 Å². The Morgan fingerprint density at radius 1 is 1.09 bits per heavy atom. The molecule has 0 aliphatic rings. The van der Waals surface area contributed by atoms with Gasteiger partial charge < -0.3 is 5.32 Å². The van der Waals surface area contributed by atoms with E-state index in [1.807, 2.05) is 0 Å². The molecule has 0 bridgehead atoms. The predicted molar refractivity (Wildman–Crippen MR) is 75.5 cm³/mol. The van der Waals surface area contributed by atoms with Gasteiger partial charge in [0.05, 0.1) is 17.3 Å². The van der Waals surface area contributed by atoms with E-state index < -0.39 is 17.6 Å². The summed E-state index contributed by atoms with van der Waals surface area (Å²) < 4.78 is 37.4. The molecule has 4 nitrogen and oxygen atoms in total. The fraction of sp³-hybridized carbons (Fsp3) is 0.0667. The van der Waals surface area contributed by atoms with Crippen LogP contribution in [0.25, 0.3) is 10.9 Å². The molecule has 112 valence electrons. The smallest absolute Gasteiger partial charge is 0.322 e. The summed E-state index contributed by atoms with van der Waals surface area (Å²) in [5.41, 5.74) is 0.646. The molecular weight excluding hydrogens is 295 g/mol. The summed E-state index contributed by atoms with van der Waals surface area (Å²) in [7, 11) is 0. The van der Waals surface area contributed by atoms with Gasteiger partial charge in [-0.1, -0.05) is 0 Å². The van der Waals surface area contributed by atoms with Gasteiger partial charge in [-0.05, 0) is 42.5 Å². The molecule has 0 aliphatic heterocycles. The lowest BCUT2D eigenvalue weighted by atomic mass is 10.1. The SMILES string of the molecule is O=C(Nc1ccc2cn[nH]c2c1)c1ccc(C(F)(F)F)cc1. The zero-order valence-corrected chi connectivity index (χ0v) is 11.1. The first kappa shape index (κ1) is 14.1. The Hall–Kier alpha value is -2.83. The van der Waals surface area contributed by atoms with Gasteiger partial charge in [0, 0.05) is 16.6 Å². The van der Waals surface area contributed by atoms with Gasteiger partial charge in [-0.15, -0.1) is 0 Å². The van der Waals surface area contributed by atoms with E-state index in [0.717, 1.165) is 35.2 Å². The van der Waals surface area contributed by atoms with Crippen LogP contribution in [0.4, 0.5) is 18.9 Å². The minimum absolute atomic E-state index is 0.151. The third-order valence-corrected chi connectivity index (χ3v) is 3.17. The maximum atomic E-state index is 12.5. The lowest BCUT2D eigenvalue weighted by Gasteiger charge is -2.08. The predicted octanol–water partition coefficient (Wildman–Crippen LogP) is 3.83. The van der Waals surface area contributed by atoms with E-state index in [1.54, 1.807) is 24.4 Å². The van der Waals surface area contributed by atoms with Crippen LogP contribution >= 0.6 is 0 Å². The summed E-state index contributed by atoms with van der Waals surface area (Å²) in [5.74, 6) is -0.479. The Morgan fingerprint density at radius 2 is 1.82 bits per heavy atom. The first-order chi connectivity index (χ1) is 10.4. The van der Waals surface area contributed by atoms with Crippen LogP contribution in [0.3, 0.4) is 0 Å². The van der Waals surface area contributed by atoms with Gasteiger partial charge in [-0.25, -0.2) is 0 Å². The summed E-state index contributed by atoms with van der Waals surface area (Å²) >= 11 is 0. The lowest BCUT2D eigenvalue weighted by molar-refractivity contribution is -0.137. The van der Waals surface area contributed by atoms with Crippen molar-refractivity contribution in [2.45, 2.75) is 6.18 Å². The molecule has 0 saturated heterocycles. The number of benzene rings is 2. The molecule has 0 aliphatic carbocycles. The minimum Gasteiger partial charge on any atom is -0.322 e. The van der Waals surface area contributed by atoms with Crippen LogP contribution in [0.2, 0.25) is 0 Å². The van der Waals surface area contributed by atoms with Crippen molar-refractivity contribution in [2.75, 3.05) is 5.32 Å².